The fourth-order valence-corrected chi connectivity index (χ4v) is 1.59. The summed E-state index contributed by atoms with van der Waals surface area (Å²) in [5.74, 6) is 0.592. The van der Waals surface area contributed by atoms with Gasteiger partial charge in [0.2, 0.25) is 0 Å². The molecular weight excluding hydrogens is 205 g/mol. The van der Waals surface area contributed by atoms with E-state index < -0.39 is 0 Å². The lowest BCUT2D eigenvalue weighted by atomic mass is 10.0. The van der Waals surface area contributed by atoms with Gasteiger partial charge in [-0.1, -0.05) is 33.6 Å². The summed E-state index contributed by atoms with van der Waals surface area (Å²) >= 11 is 0. The Kier molecular flexibility index (Phi) is 5.15. The first kappa shape index (κ1) is 12.9. The van der Waals surface area contributed by atoms with Gasteiger partial charge < -0.3 is 5.32 Å². The number of hydrogen-bond donors (Lipinski definition) is 1. The van der Waals surface area contributed by atoms with Crippen LogP contribution in [0.25, 0.3) is 0 Å². The van der Waals surface area contributed by atoms with Crippen molar-refractivity contribution in [1.29, 1.82) is 0 Å². The van der Waals surface area contributed by atoms with Gasteiger partial charge in [-0.2, -0.15) is 0 Å². The maximum absolute atomic E-state index is 13.7. The molecule has 0 radical (unpaired) electrons. The van der Waals surface area contributed by atoms with E-state index in [4.69, 9.17) is 0 Å². The molecule has 1 heterocycles. The van der Waals surface area contributed by atoms with Crippen molar-refractivity contribution >= 4 is 5.82 Å². The van der Waals surface area contributed by atoms with Gasteiger partial charge in [-0.3, -0.25) is 0 Å². The zero-order valence-electron chi connectivity index (χ0n) is 10.3. The van der Waals surface area contributed by atoms with Crippen LogP contribution in [0.2, 0.25) is 0 Å². The first-order valence-corrected chi connectivity index (χ1v) is 5.96. The fraction of sp³-hybridized carbons (Fsp3) is 0.667. The Morgan fingerprint density at radius 3 is 2.50 bits per heavy atom. The number of anilines is 1. The summed E-state index contributed by atoms with van der Waals surface area (Å²) in [6, 6.07) is 0. The monoisotopic (exact) mass is 225 g/mol. The first-order valence-electron chi connectivity index (χ1n) is 5.96. The van der Waals surface area contributed by atoms with Crippen molar-refractivity contribution in [3.8, 4) is 0 Å². The van der Waals surface area contributed by atoms with E-state index in [1.807, 2.05) is 6.92 Å². The van der Waals surface area contributed by atoms with Crippen LogP contribution in [0.5, 0.6) is 0 Å². The van der Waals surface area contributed by atoms with Crippen LogP contribution in [0.1, 0.15) is 39.3 Å². The number of nitrogens with zero attached hydrogens (tertiary/aromatic N) is 2. The highest BCUT2D eigenvalue weighted by molar-refractivity contribution is 5.37. The minimum atomic E-state index is -0.309. The summed E-state index contributed by atoms with van der Waals surface area (Å²) in [4.78, 5) is 7.83. The summed E-state index contributed by atoms with van der Waals surface area (Å²) in [5, 5.41) is 3.06. The Bertz CT molecular complexity index is 324. The molecule has 0 amide bonds. The van der Waals surface area contributed by atoms with Crippen LogP contribution in [0, 0.1) is 11.7 Å². The summed E-state index contributed by atoms with van der Waals surface area (Å²) in [6.45, 7) is 6.94. The third-order valence-corrected chi connectivity index (χ3v) is 2.91. The molecule has 0 aliphatic carbocycles. The molecular formula is C12H20FN3. The molecule has 16 heavy (non-hydrogen) atoms. The maximum atomic E-state index is 13.7. The molecule has 0 saturated carbocycles. The predicted octanol–water partition coefficient (Wildman–Crippen LogP) is 3.03. The van der Waals surface area contributed by atoms with Crippen LogP contribution in [-0.2, 0) is 6.42 Å². The second-order valence-corrected chi connectivity index (χ2v) is 3.90. The van der Waals surface area contributed by atoms with E-state index in [-0.39, 0.29) is 5.82 Å². The number of hydrogen-bond acceptors (Lipinski definition) is 3. The molecule has 0 atom stereocenters. The van der Waals surface area contributed by atoms with E-state index >= 15 is 0 Å². The Balaban J connectivity index is 2.66. The van der Waals surface area contributed by atoms with E-state index in [2.05, 4.69) is 29.1 Å². The van der Waals surface area contributed by atoms with E-state index in [9.17, 15) is 4.39 Å². The molecule has 0 aliphatic rings. The van der Waals surface area contributed by atoms with Crippen LogP contribution in [0.4, 0.5) is 10.2 Å². The van der Waals surface area contributed by atoms with Crippen LogP contribution in [0.15, 0.2) is 6.33 Å². The van der Waals surface area contributed by atoms with Crippen molar-refractivity contribution in [1.82, 2.24) is 9.97 Å². The summed E-state index contributed by atoms with van der Waals surface area (Å²) in [6.07, 6.45) is 4.19. The summed E-state index contributed by atoms with van der Waals surface area (Å²) in [7, 11) is 0. The van der Waals surface area contributed by atoms with Crippen molar-refractivity contribution in [3.05, 3.63) is 17.8 Å². The average Bonchev–Trinajstić information content (AvgIpc) is 2.32. The lowest BCUT2D eigenvalue weighted by Gasteiger charge is -2.14. The molecule has 1 aromatic rings. The van der Waals surface area contributed by atoms with Crippen LogP contribution < -0.4 is 5.32 Å². The highest BCUT2D eigenvalue weighted by Gasteiger charge is 2.10. The van der Waals surface area contributed by atoms with E-state index in [0.717, 1.165) is 19.4 Å². The second-order valence-electron chi connectivity index (χ2n) is 3.90. The molecule has 0 aromatic carbocycles. The van der Waals surface area contributed by atoms with Gasteiger partial charge in [0.15, 0.2) is 11.6 Å². The van der Waals surface area contributed by atoms with Crippen LogP contribution >= 0.6 is 0 Å². The van der Waals surface area contributed by atoms with Gasteiger partial charge >= 0.3 is 0 Å². The summed E-state index contributed by atoms with van der Waals surface area (Å²) in [5.41, 5.74) is 0.474. The third kappa shape index (κ3) is 3.15. The molecule has 0 fully saturated rings. The molecule has 0 bridgehead atoms. The minimum absolute atomic E-state index is 0.309. The molecule has 1 rings (SSSR count). The number of aromatic nitrogens is 2. The average molecular weight is 225 g/mol. The van der Waals surface area contributed by atoms with Gasteiger partial charge in [0.1, 0.15) is 6.33 Å². The molecule has 1 aromatic heterocycles. The Hall–Kier alpha value is -1.19. The molecule has 0 aliphatic heterocycles. The van der Waals surface area contributed by atoms with Crippen molar-refractivity contribution < 1.29 is 4.39 Å². The normalized spacial score (nSPS) is 10.8. The quantitative estimate of drug-likeness (QED) is 0.808. The molecule has 1 N–H and O–H groups in total. The highest BCUT2D eigenvalue weighted by Crippen LogP contribution is 2.15. The fourth-order valence-electron chi connectivity index (χ4n) is 1.59. The molecule has 0 saturated heterocycles. The lowest BCUT2D eigenvalue weighted by Crippen LogP contribution is -2.15. The van der Waals surface area contributed by atoms with Crippen molar-refractivity contribution in [2.24, 2.45) is 5.92 Å². The number of aryl methyl sites for hydroxylation is 1. The molecule has 4 heteroatoms. The SMILES string of the molecule is CCc1ncnc(NCC(CC)CC)c1F. The van der Waals surface area contributed by atoms with E-state index in [1.165, 1.54) is 6.33 Å². The Morgan fingerprint density at radius 1 is 1.25 bits per heavy atom. The van der Waals surface area contributed by atoms with Crippen LogP contribution in [0.3, 0.4) is 0 Å². The molecule has 90 valence electrons. The molecule has 3 nitrogen and oxygen atoms in total. The zero-order valence-corrected chi connectivity index (χ0v) is 10.3. The lowest BCUT2D eigenvalue weighted by molar-refractivity contribution is 0.514. The Labute approximate surface area is 96.5 Å². The largest absolute Gasteiger partial charge is 0.367 e. The standard InChI is InChI=1S/C12H20FN3/c1-4-9(5-2)7-14-12-11(13)10(6-3)15-8-16-12/h8-9H,4-7H2,1-3H3,(H,14,15,16). The van der Waals surface area contributed by atoms with Gasteiger partial charge in [0.25, 0.3) is 0 Å². The van der Waals surface area contributed by atoms with Gasteiger partial charge in [0.05, 0.1) is 5.69 Å². The Morgan fingerprint density at radius 2 is 1.94 bits per heavy atom. The second kappa shape index (κ2) is 6.40. The maximum Gasteiger partial charge on any atom is 0.186 e. The highest BCUT2D eigenvalue weighted by atomic mass is 19.1. The smallest absolute Gasteiger partial charge is 0.186 e. The number of nitrogens with one attached hydrogen (secondary N) is 1. The third-order valence-electron chi connectivity index (χ3n) is 2.91. The van der Waals surface area contributed by atoms with Gasteiger partial charge in [-0.05, 0) is 12.3 Å². The number of halogens is 1. The van der Waals surface area contributed by atoms with E-state index in [0.29, 0.717) is 23.9 Å². The van der Waals surface area contributed by atoms with Crippen molar-refractivity contribution in [3.63, 3.8) is 0 Å². The minimum Gasteiger partial charge on any atom is -0.367 e. The van der Waals surface area contributed by atoms with Gasteiger partial charge in [-0.15, -0.1) is 0 Å². The van der Waals surface area contributed by atoms with Gasteiger partial charge in [0, 0.05) is 6.54 Å². The first-order chi connectivity index (χ1) is 7.72. The molecule has 0 unspecified atom stereocenters. The predicted molar refractivity (Wildman–Crippen MR) is 63.9 cm³/mol. The van der Waals surface area contributed by atoms with E-state index in [1.54, 1.807) is 0 Å². The van der Waals surface area contributed by atoms with Crippen molar-refractivity contribution in [2.75, 3.05) is 11.9 Å². The summed E-state index contributed by atoms with van der Waals surface area (Å²) < 4.78 is 13.7. The number of rotatable bonds is 6. The van der Waals surface area contributed by atoms with Crippen molar-refractivity contribution in [2.45, 2.75) is 40.0 Å². The topological polar surface area (TPSA) is 37.8 Å². The molecule has 0 spiro atoms. The van der Waals surface area contributed by atoms with Gasteiger partial charge in [-0.25, -0.2) is 14.4 Å². The van der Waals surface area contributed by atoms with Crippen LogP contribution in [-0.4, -0.2) is 16.5 Å². The zero-order chi connectivity index (χ0) is 12.0.